The smallest absolute Gasteiger partial charge is 0.385 e. The average molecular weight is 279 g/mol. The van der Waals surface area contributed by atoms with Gasteiger partial charge in [0.25, 0.3) is 0 Å². The molecule has 1 aliphatic heterocycles. The summed E-state index contributed by atoms with van der Waals surface area (Å²) in [6.45, 7) is 1.09. The Hall–Kier alpha value is -1.18. The van der Waals surface area contributed by atoms with Crippen LogP contribution in [0.15, 0.2) is 18.2 Å². The maximum absolute atomic E-state index is 13.9. The highest BCUT2D eigenvalue weighted by atomic mass is 19.4. The molecule has 0 aliphatic carbocycles. The van der Waals surface area contributed by atoms with Gasteiger partial charge in [0.2, 0.25) is 0 Å². The van der Waals surface area contributed by atoms with Crippen LogP contribution in [0.4, 0.5) is 17.6 Å². The van der Waals surface area contributed by atoms with Crippen LogP contribution in [0.3, 0.4) is 0 Å². The lowest BCUT2D eigenvalue weighted by Crippen LogP contribution is -2.55. The minimum absolute atomic E-state index is 0.107. The number of hydrogen-bond donors (Lipinski definition) is 2. The van der Waals surface area contributed by atoms with Gasteiger partial charge in [-0.3, -0.25) is 0 Å². The molecule has 3 N–H and O–H groups in total. The fraction of sp³-hybridized carbons (Fsp3) is 0.500. The predicted molar refractivity (Wildman–Crippen MR) is 58.7 cm³/mol. The van der Waals surface area contributed by atoms with Crippen molar-refractivity contribution < 1.29 is 27.4 Å². The molecule has 2 rings (SSSR count). The monoisotopic (exact) mass is 279 g/mol. The molecule has 0 amide bonds. The standard InChI is InChI=1S/C12H13F4NO2/c1-10(18)5-19-6-11(10,17)8-3-2-7(4-9(8)13)12(14,15)16/h2-4,18H,5-6,17H2,1H3. The summed E-state index contributed by atoms with van der Waals surface area (Å²) in [6.07, 6.45) is -4.63. The molecular weight excluding hydrogens is 266 g/mol. The van der Waals surface area contributed by atoms with Gasteiger partial charge in [-0.2, -0.15) is 13.2 Å². The molecule has 3 nitrogen and oxygen atoms in total. The van der Waals surface area contributed by atoms with Crippen molar-refractivity contribution in [2.45, 2.75) is 24.2 Å². The molecule has 0 aromatic heterocycles. The van der Waals surface area contributed by atoms with Gasteiger partial charge >= 0.3 is 6.18 Å². The third kappa shape index (κ3) is 2.22. The van der Waals surface area contributed by atoms with E-state index >= 15 is 0 Å². The summed E-state index contributed by atoms with van der Waals surface area (Å²) >= 11 is 0. The summed E-state index contributed by atoms with van der Waals surface area (Å²) in [5.41, 5.74) is 1.51. The SMILES string of the molecule is CC1(O)COCC1(N)c1ccc(C(F)(F)F)cc1F. The first-order valence-corrected chi connectivity index (χ1v) is 5.54. The van der Waals surface area contributed by atoms with E-state index in [-0.39, 0.29) is 18.8 Å². The molecule has 0 bridgehead atoms. The van der Waals surface area contributed by atoms with Crippen LogP contribution in [-0.4, -0.2) is 23.9 Å². The number of hydrogen-bond acceptors (Lipinski definition) is 3. The fourth-order valence-corrected chi connectivity index (χ4v) is 2.12. The summed E-state index contributed by atoms with van der Waals surface area (Å²) in [5.74, 6) is -1.11. The second-order valence-electron chi connectivity index (χ2n) is 4.93. The van der Waals surface area contributed by atoms with E-state index < -0.39 is 28.7 Å². The summed E-state index contributed by atoms with van der Waals surface area (Å²) < 4.78 is 56.2. The topological polar surface area (TPSA) is 55.5 Å². The Morgan fingerprint density at radius 2 is 1.95 bits per heavy atom. The maximum atomic E-state index is 13.9. The third-order valence-corrected chi connectivity index (χ3v) is 3.45. The van der Waals surface area contributed by atoms with Crippen molar-refractivity contribution in [2.24, 2.45) is 5.73 Å². The van der Waals surface area contributed by atoms with Crippen LogP contribution in [0.2, 0.25) is 0 Å². The highest BCUT2D eigenvalue weighted by molar-refractivity contribution is 5.35. The molecule has 0 spiro atoms. The number of ether oxygens (including phenoxy) is 1. The first-order chi connectivity index (χ1) is 8.58. The molecule has 2 atom stereocenters. The first kappa shape index (κ1) is 14.2. The maximum Gasteiger partial charge on any atom is 0.416 e. The van der Waals surface area contributed by atoms with Gasteiger partial charge < -0.3 is 15.6 Å². The number of halogens is 4. The zero-order valence-corrected chi connectivity index (χ0v) is 10.1. The highest BCUT2D eigenvalue weighted by Gasteiger charge is 2.52. The van der Waals surface area contributed by atoms with Crippen LogP contribution in [0.1, 0.15) is 18.1 Å². The second kappa shape index (κ2) is 4.16. The molecule has 1 fully saturated rings. The molecule has 1 aliphatic rings. The number of aliphatic hydroxyl groups is 1. The van der Waals surface area contributed by atoms with Gasteiger partial charge in [-0.05, 0) is 19.1 Å². The van der Waals surface area contributed by atoms with Crippen LogP contribution in [-0.2, 0) is 16.5 Å². The van der Waals surface area contributed by atoms with Gasteiger partial charge in [0.1, 0.15) is 11.4 Å². The Kier molecular flexibility index (Phi) is 3.11. The van der Waals surface area contributed by atoms with Gasteiger partial charge in [-0.1, -0.05) is 6.07 Å². The summed E-state index contributed by atoms with van der Waals surface area (Å²) in [5, 5.41) is 10.1. The molecule has 7 heteroatoms. The van der Waals surface area contributed by atoms with Crippen molar-refractivity contribution in [1.29, 1.82) is 0 Å². The van der Waals surface area contributed by atoms with E-state index in [0.717, 1.165) is 12.1 Å². The lowest BCUT2D eigenvalue weighted by Gasteiger charge is -2.35. The summed E-state index contributed by atoms with van der Waals surface area (Å²) in [4.78, 5) is 0. The first-order valence-electron chi connectivity index (χ1n) is 5.54. The number of alkyl halides is 3. The van der Waals surface area contributed by atoms with Crippen molar-refractivity contribution in [3.8, 4) is 0 Å². The van der Waals surface area contributed by atoms with E-state index in [1.54, 1.807) is 0 Å². The van der Waals surface area contributed by atoms with E-state index in [1.807, 2.05) is 0 Å². The van der Waals surface area contributed by atoms with Crippen LogP contribution in [0.5, 0.6) is 0 Å². The van der Waals surface area contributed by atoms with Crippen LogP contribution in [0.25, 0.3) is 0 Å². The Morgan fingerprint density at radius 3 is 2.37 bits per heavy atom. The molecule has 2 unspecified atom stereocenters. The van der Waals surface area contributed by atoms with Gasteiger partial charge in [-0.25, -0.2) is 4.39 Å². The molecule has 1 saturated heterocycles. The van der Waals surface area contributed by atoms with Gasteiger partial charge in [0, 0.05) is 5.56 Å². The van der Waals surface area contributed by atoms with E-state index in [4.69, 9.17) is 10.5 Å². The molecule has 106 valence electrons. The fourth-order valence-electron chi connectivity index (χ4n) is 2.12. The minimum Gasteiger partial charge on any atom is -0.385 e. The average Bonchev–Trinajstić information content (AvgIpc) is 2.52. The van der Waals surface area contributed by atoms with Crippen molar-refractivity contribution in [3.63, 3.8) is 0 Å². The van der Waals surface area contributed by atoms with E-state index in [2.05, 4.69) is 0 Å². The van der Waals surface area contributed by atoms with Gasteiger partial charge in [-0.15, -0.1) is 0 Å². The third-order valence-electron chi connectivity index (χ3n) is 3.45. The predicted octanol–water partition coefficient (Wildman–Crippen LogP) is 1.78. The molecular formula is C12H13F4NO2. The Balaban J connectivity index is 2.48. The molecule has 1 heterocycles. The molecule has 1 aromatic rings. The quantitative estimate of drug-likeness (QED) is 0.770. The molecule has 0 saturated carbocycles. The zero-order chi connectivity index (χ0) is 14.5. The van der Waals surface area contributed by atoms with E-state index in [1.165, 1.54) is 6.92 Å². The summed E-state index contributed by atoms with van der Waals surface area (Å²) in [6, 6.07) is 2.06. The van der Waals surface area contributed by atoms with Crippen LogP contribution < -0.4 is 5.73 Å². The normalized spacial score (nSPS) is 31.7. The van der Waals surface area contributed by atoms with Gasteiger partial charge in [0.15, 0.2) is 0 Å². The largest absolute Gasteiger partial charge is 0.416 e. The minimum atomic E-state index is -4.63. The second-order valence-corrected chi connectivity index (χ2v) is 4.93. The Morgan fingerprint density at radius 1 is 1.32 bits per heavy atom. The summed E-state index contributed by atoms with van der Waals surface area (Å²) in [7, 11) is 0. The van der Waals surface area contributed by atoms with E-state index in [0.29, 0.717) is 6.07 Å². The van der Waals surface area contributed by atoms with Crippen molar-refractivity contribution in [3.05, 3.63) is 35.1 Å². The van der Waals surface area contributed by atoms with Crippen LogP contribution in [0, 0.1) is 5.82 Å². The van der Waals surface area contributed by atoms with Crippen molar-refractivity contribution in [2.75, 3.05) is 13.2 Å². The number of benzene rings is 1. The van der Waals surface area contributed by atoms with Crippen LogP contribution >= 0.6 is 0 Å². The van der Waals surface area contributed by atoms with Crippen molar-refractivity contribution in [1.82, 2.24) is 0 Å². The molecule has 0 radical (unpaired) electrons. The number of nitrogens with two attached hydrogens (primary N) is 1. The Bertz CT molecular complexity index is 501. The van der Waals surface area contributed by atoms with E-state index in [9.17, 15) is 22.7 Å². The van der Waals surface area contributed by atoms with Crippen molar-refractivity contribution >= 4 is 0 Å². The molecule has 1 aromatic carbocycles. The highest BCUT2D eigenvalue weighted by Crippen LogP contribution is 2.39. The Labute approximate surface area is 107 Å². The zero-order valence-electron chi connectivity index (χ0n) is 10.1. The lowest BCUT2D eigenvalue weighted by atomic mass is 9.78. The molecule has 19 heavy (non-hydrogen) atoms. The number of rotatable bonds is 1. The van der Waals surface area contributed by atoms with Gasteiger partial charge in [0.05, 0.1) is 24.3 Å². The lowest BCUT2D eigenvalue weighted by molar-refractivity contribution is -0.137.